The van der Waals surface area contributed by atoms with Crippen molar-refractivity contribution in [3.8, 4) is 0 Å². The van der Waals surface area contributed by atoms with E-state index in [0.29, 0.717) is 13.0 Å². The first-order valence-corrected chi connectivity index (χ1v) is 8.32. The van der Waals surface area contributed by atoms with Crippen LogP contribution in [0.25, 0.3) is 0 Å². The van der Waals surface area contributed by atoms with Crippen LogP contribution in [0.5, 0.6) is 0 Å². The lowest BCUT2D eigenvalue weighted by Gasteiger charge is -2.38. The quantitative estimate of drug-likeness (QED) is 0.771. The molecule has 0 aromatic heterocycles. The molecule has 0 saturated heterocycles. The second-order valence-corrected chi connectivity index (χ2v) is 6.53. The Morgan fingerprint density at radius 1 is 1.22 bits per heavy atom. The zero-order valence-electron chi connectivity index (χ0n) is 13.6. The van der Waals surface area contributed by atoms with Crippen molar-refractivity contribution in [1.82, 2.24) is 0 Å². The van der Waals surface area contributed by atoms with Gasteiger partial charge in [-0.1, -0.05) is 49.6 Å². The van der Waals surface area contributed by atoms with E-state index in [1.165, 1.54) is 6.42 Å². The molecular weight excluding hydrogens is 294 g/mol. The molecule has 1 aromatic rings. The first-order chi connectivity index (χ1) is 11.1. The zero-order chi connectivity index (χ0) is 16.5. The molecular formula is C18H27NO4. The van der Waals surface area contributed by atoms with E-state index in [1.807, 2.05) is 30.3 Å². The van der Waals surface area contributed by atoms with Gasteiger partial charge in [0.1, 0.15) is 0 Å². The molecule has 0 bridgehead atoms. The number of benzene rings is 1. The van der Waals surface area contributed by atoms with Gasteiger partial charge in [-0.3, -0.25) is 0 Å². The highest BCUT2D eigenvalue weighted by molar-refractivity contribution is 5.64. The van der Waals surface area contributed by atoms with E-state index in [-0.39, 0.29) is 18.6 Å². The van der Waals surface area contributed by atoms with Gasteiger partial charge in [-0.2, -0.15) is 0 Å². The normalized spacial score (nSPS) is 18.3. The fraction of sp³-hybridized carbons (Fsp3) is 0.611. The summed E-state index contributed by atoms with van der Waals surface area (Å²) in [6.07, 6.45) is 4.57. The number of hydrogen-bond donors (Lipinski definition) is 2. The van der Waals surface area contributed by atoms with E-state index >= 15 is 0 Å². The van der Waals surface area contributed by atoms with Crippen molar-refractivity contribution >= 4 is 6.09 Å². The molecule has 1 aliphatic rings. The third-order valence-corrected chi connectivity index (χ3v) is 4.53. The Morgan fingerprint density at radius 2 is 1.91 bits per heavy atom. The average molecular weight is 321 g/mol. The Hall–Kier alpha value is -1.59. The minimum atomic E-state index is -0.746. The predicted molar refractivity (Wildman–Crippen MR) is 87.8 cm³/mol. The van der Waals surface area contributed by atoms with Crippen molar-refractivity contribution in [2.75, 3.05) is 13.2 Å². The summed E-state index contributed by atoms with van der Waals surface area (Å²) >= 11 is 0. The monoisotopic (exact) mass is 321 g/mol. The van der Waals surface area contributed by atoms with Crippen LogP contribution in [-0.4, -0.2) is 30.5 Å². The number of rotatable bonds is 8. The van der Waals surface area contributed by atoms with E-state index in [9.17, 15) is 9.90 Å². The van der Waals surface area contributed by atoms with E-state index < -0.39 is 12.2 Å². The smallest absolute Gasteiger partial charge is 0.404 e. The molecule has 3 N–H and O–H groups in total. The van der Waals surface area contributed by atoms with Gasteiger partial charge in [0.15, 0.2) is 0 Å². The number of carbonyl (C=O) groups is 1. The first kappa shape index (κ1) is 17.8. The highest BCUT2D eigenvalue weighted by atomic mass is 16.5. The van der Waals surface area contributed by atoms with Crippen molar-refractivity contribution < 1.29 is 19.4 Å². The Labute approximate surface area is 137 Å². The number of nitrogens with two attached hydrogens (primary N) is 1. The highest BCUT2D eigenvalue weighted by Crippen LogP contribution is 2.40. The molecule has 5 nitrogen and oxygen atoms in total. The summed E-state index contributed by atoms with van der Waals surface area (Å²) in [6, 6.07) is 9.88. The molecule has 0 spiro atoms. The SMILES string of the molecule is NC(=O)OCC1(C[C@@H](O)COCc2ccccc2)CCCCC1. The van der Waals surface area contributed by atoms with Crippen molar-refractivity contribution in [2.45, 2.75) is 51.2 Å². The topological polar surface area (TPSA) is 81.8 Å². The molecule has 128 valence electrons. The maximum atomic E-state index is 10.9. The van der Waals surface area contributed by atoms with Crippen LogP contribution in [0.3, 0.4) is 0 Å². The summed E-state index contributed by atoms with van der Waals surface area (Å²) < 4.78 is 10.7. The number of amides is 1. The van der Waals surface area contributed by atoms with Crippen LogP contribution < -0.4 is 5.73 Å². The summed E-state index contributed by atoms with van der Waals surface area (Å²) in [5.41, 5.74) is 6.02. The highest BCUT2D eigenvalue weighted by Gasteiger charge is 2.35. The molecule has 1 saturated carbocycles. The largest absolute Gasteiger partial charge is 0.449 e. The summed E-state index contributed by atoms with van der Waals surface area (Å²) in [5.74, 6) is 0. The maximum absolute atomic E-state index is 10.9. The molecule has 1 amide bonds. The van der Waals surface area contributed by atoms with Crippen LogP contribution >= 0.6 is 0 Å². The summed E-state index contributed by atoms with van der Waals surface area (Å²) in [4.78, 5) is 10.9. The summed E-state index contributed by atoms with van der Waals surface area (Å²) in [7, 11) is 0. The third kappa shape index (κ3) is 6.20. The van der Waals surface area contributed by atoms with Gasteiger partial charge in [-0.25, -0.2) is 4.79 Å². The average Bonchev–Trinajstić information content (AvgIpc) is 2.55. The molecule has 2 rings (SSSR count). The molecule has 1 aromatic carbocycles. The molecule has 1 atom stereocenters. The van der Waals surface area contributed by atoms with Gasteiger partial charge < -0.3 is 20.3 Å². The van der Waals surface area contributed by atoms with E-state index in [0.717, 1.165) is 31.2 Å². The van der Waals surface area contributed by atoms with Crippen LogP contribution in [0, 0.1) is 5.41 Å². The zero-order valence-corrected chi connectivity index (χ0v) is 13.6. The Balaban J connectivity index is 1.79. The lowest BCUT2D eigenvalue weighted by atomic mass is 9.71. The fourth-order valence-electron chi connectivity index (χ4n) is 3.38. The van der Waals surface area contributed by atoms with Gasteiger partial charge in [0.05, 0.1) is 25.9 Å². The summed E-state index contributed by atoms with van der Waals surface area (Å²) in [5, 5.41) is 10.3. The van der Waals surface area contributed by atoms with Crippen molar-refractivity contribution in [2.24, 2.45) is 11.1 Å². The standard InChI is InChI=1S/C18H27NO4/c19-17(21)23-14-18(9-5-2-6-10-18)11-16(20)13-22-12-15-7-3-1-4-8-15/h1,3-4,7-8,16,20H,2,5-6,9-14H2,(H2,19,21)/t16-/m1/s1. The predicted octanol–water partition coefficient (Wildman–Crippen LogP) is 3.00. The van der Waals surface area contributed by atoms with E-state index in [1.54, 1.807) is 0 Å². The molecule has 1 fully saturated rings. The van der Waals surface area contributed by atoms with Crippen LogP contribution in [0.15, 0.2) is 30.3 Å². The van der Waals surface area contributed by atoms with Gasteiger partial charge in [-0.05, 0) is 24.8 Å². The molecule has 0 unspecified atom stereocenters. The number of ether oxygens (including phenoxy) is 2. The second-order valence-electron chi connectivity index (χ2n) is 6.53. The van der Waals surface area contributed by atoms with Crippen LogP contribution in [0.4, 0.5) is 4.79 Å². The van der Waals surface area contributed by atoms with E-state index in [4.69, 9.17) is 15.2 Å². The van der Waals surface area contributed by atoms with Crippen molar-refractivity contribution in [3.05, 3.63) is 35.9 Å². The first-order valence-electron chi connectivity index (χ1n) is 8.32. The number of carbonyl (C=O) groups excluding carboxylic acids is 1. The molecule has 23 heavy (non-hydrogen) atoms. The third-order valence-electron chi connectivity index (χ3n) is 4.53. The number of hydrogen-bond acceptors (Lipinski definition) is 4. The van der Waals surface area contributed by atoms with Crippen molar-refractivity contribution in [3.63, 3.8) is 0 Å². The minimum absolute atomic E-state index is 0.164. The Morgan fingerprint density at radius 3 is 2.57 bits per heavy atom. The Kier molecular flexibility index (Phi) is 6.86. The fourth-order valence-corrected chi connectivity index (χ4v) is 3.38. The van der Waals surface area contributed by atoms with Gasteiger partial charge in [0.2, 0.25) is 0 Å². The van der Waals surface area contributed by atoms with Gasteiger partial charge in [-0.15, -0.1) is 0 Å². The van der Waals surface area contributed by atoms with Crippen LogP contribution in [0.2, 0.25) is 0 Å². The Bertz CT molecular complexity index is 471. The van der Waals surface area contributed by atoms with E-state index in [2.05, 4.69) is 0 Å². The lowest BCUT2D eigenvalue weighted by Crippen LogP contribution is -2.36. The lowest BCUT2D eigenvalue weighted by molar-refractivity contribution is -0.0260. The number of aliphatic hydroxyl groups is 1. The molecule has 0 radical (unpaired) electrons. The van der Waals surface area contributed by atoms with Gasteiger partial charge in [0, 0.05) is 5.41 Å². The number of primary amides is 1. The van der Waals surface area contributed by atoms with Gasteiger partial charge >= 0.3 is 6.09 Å². The number of aliphatic hydroxyl groups excluding tert-OH is 1. The van der Waals surface area contributed by atoms with Crippen LogP contribution in [0.1, 0.15) is 44.1 Å². The molecule has 5 heteroatoms. The van der Waals surface area contributed by atoms with Crippen LogP contribution in [-0.2, 0) is 16.1 Å². The maximum Gasteiger partial charge on any atom is 0.404 e. The molecule has 0 aliphatic heterocycles. The summed E-state index contributed by atoms with van der Waals surface area (Å²) in [6.45, 7) is 1.06. The molecule has 0 heterocycles. The van der Waals surface area contributed by atoms with Gasteiger partial charge in [0.25, 0.3) is 0 Å². The van der Waals surface area contributed by atoms with Crippen molar-refractivity contribution in [1.29, 1.82) is 0 Å². The molecule has 1 aliphatic carbocycles. The second kappa shape index (κ2) is 8.89. The minimum Gasteiger partial charge on any atom is -0.449 e.